The average Bonchev–Trinajstić information content (AvgIpc) is 2.67. The number of ether oxygens (including phenoxy) is 1. The molecule has 86 valence electrons. The molecule has 0 spiro atoms. The van der Waals surface area contributed by atoms with Gasteiger partial charge >= 0.3 is 0 Å². The van der Waals surface area contributed by atoms with Crippen LogP contribution in [0, 0.1) is 0 Å². The molecular weight excluding hydrogens is 278 g/mol. The van der Waals surface area contributed by atoms with Crippen LogP contribution in [0.15, 0.2) is 0 Å². The molecule has 1 amide bonds. The van der Waals surface area contributed by atoms with E-state index in [1.165, 1.54) is 6.42 Å². The van der Waals surface area contributed by atoms with Crippen LogP contribution in [-0.2, 0) is 9.53 Å². The number of carbonyl (C=O) groups excluding carboxylic acids is 1. The van der Waals surface area contributed by atoms with E-state index in [1.807, 2.05) is 4.90 Å². The van der Waals surface area contributed by atoms with Crippen molar-refractivity contribution in [3.05, 3.63) is 0 Å². The normalized spacial score (nSPS) is 32.7. The van der Waals surface area contributed by atoms with E-state index in [2.05, 4.69) is 15.9 Å². The third-order valence-electron chi connectivity index (χ3n) is 2.74. The van der Waals surface area contributed by atoms with Gasteiger partial charge in [0.05, 0.1) is 23.3 Å². The molecule has 2 aliphatic rings. The minimum Gasteiger partial charge on any atom is -0.378 e. The van der Waals surface area contributed by atoms with E-state index in [9.17, 15) is 4.79 Å². The lowest BCUT2D eigenvalue weighted by Gasteiger charge is -2.24. The molecule has 0 saturated carbocycles. The fraction of sp³-hybridized carbons (Fsp3) is 0.900. The average molecular weight is 294 g/mol. The molecule has 2 fully saturated rings. The molecule has 0 aromatic carbocycles. The van der Waals surface area contributed by atoms with E-state index in [0.717, 1.165) is 25.3 Å². The predicted octanol–water partition coefficient (Wildman–Crippen LogP) is 1.50. The number of amides is 1. The van der Waals surface area contributed by atoms with E-state index in [1.54, 1.807) is 11.8 Å². The first-order valence-electron chi connectivity index (χ1n) is 5.39. The quantitative estimate of drug-likeness (QED) is 0.687. The second kappa shape index (κ2) is 5.55. The monoisotopic (exact) mass is 293 g/mol. The van der Waals surface area contributed by atoms with Gasteiger partial charge in [0.1, 0.15) is 0 Å². The predicted molar refractivity (Wildman–Crippen MR) is 65.6 cm³/mol. The van der Waals surface area contributed by atoms with E-state index in [4.69, 9.17) is 4.74 Å². The Morgan fingerprint density at radius 1 is 1.53 bits per heavy atom. The highest BCUT2D eigenvalue weighted by Gasteiger charge is 2.29. The summed E-state index contributed by atoms with van der Waals surface area (Å²) in [4.78, 5) is 14.4. The summed E-state index contributed by atoms with van der Waals surface area (Å²) in [5.74, 6) is 1.45. The third kappa shape index (κ3) is 3.11. The number of hydrogen-bond donors (Lipinski definition) is 0. The maximum absolute atomic E-state index is 12.1. The van der Waals surface area contributed by atoms with Crippen molar-refractivity contribution in [3.63, 3.8) is 0 Å². The summed E-state index contributed by atoms with van der Waals surface area (Å²) in [5, 5.41) is 0.211. The second-order valence-corrected chi connectivity index (χ2v) is 6.56. The zero-order chi connectivity index (χ0) is 10.7. The molecule has 2 saturated heterocycles. The van der Waals surface area contributed by atoms with Crippen LogP contribution in [0.2, 0.25) is 0 Å². The van der Waals surface area contributed by atoms with Crippen LogP contribution in [-0.4, -0.2) is 52.9 Å². The summed E-state index contributed by atoms with van der Waals surface area (Å²) >= 11 is 5.33. The van der Waals surface area contributed by atoms with E-state index < -0.39 is 0 Å². The highest BCUT2D eigenvalue weighted by atomic mass is 79.9. The molecule has 0 radical (unpaired) electrons. The SMILES string of the molecule is O=C(C1CCCS1)N1CCOCC(Br)C1. The van der Waals surface area contributed by atoms with Crippen LogP contribution in [0.5, 0.6) is 0 Å². The summed E-state index contributed by atoms with van der Waals surface area (Å²) in [5.41, 5.74) is 0. The molecule has 2 atom stereocenters. The highest BCUT2D eigenvalue weighted by Crippen LogP contribution is 2.28. The maximum atomic E-state index is 12.1. The number of thioether (sulfide) groups is 1. The van der Waals surface area contributed by atoms with Crippen molar-refractivity contribution in [3.8, 4) is 0 Å². The Labute approximate surface area is 103 Å². The van der Waals surface area contributed by atoms with Crippen LogP contribution in [0.4, 0.5) is 0 Å². The fourth-order valence-corrected chi connectivity index (χ4v) is 3.72. The fourth-order valence-electron chi connectivity index (χ4n) is 1.95. The summed E-state index contributed by atoms with van der Waals surface area (Å²) in [6.45, 7) is 2.92. The number of alkyl halides is 1. The van der Waals surface area contributed by atoms with Gasteiger partial charge in [0.15, 0.2) is 0 Å². The Hall–Kier alpha value is 0.260. The lowest BCUT2D eigenvalue weighted by molar-refractivity contribution is -0.130. The minimum absolute atomic E-state index is 0.211. The molecule has 0 bridgehead atoms. The zero-order valence-corrected chi connectivity index (χ0v) is 11.1. The first-order valence-corrected chi connectivity index (χ1v) is 7.36. The van der Waals surface area contributed by atoms with Crippen molar-refractivity contribution < 1.29 is 9.53 Å². The molecule has 2 heterocycles. The molecule has 2 unspecified atom stereocenters. The van der Waals surface area contributed by atoms with Crippen molar-refractivity contribution in [1.82, 2.24) is 4.90 Å². The van der Waals surface area contributed by atoms with Crippen molar-refractivity contribution in [1.29, 1.82) is 0 Å². The Morgan fingerprint density at radius 2 is 2.40 bits per heavy atom. The van der Waals surface area contributed by atoms with Crippen molar-refractivity contribution >= 4 is 33.6 Å². The van der Waals surface area contributed by atoms with Gasteiger partial charge in [-0.05, 0) is 18.6 Å². The first-order chi connectivity index (χ1) is 7.27. The van der Waals surface area contributed by atoms with Crippen molar-refractivity contribution in [2.24, 2.45) is 0 Å². The minimum atomic E-state index is 0.211. The van der Waals surface area contributed by atoms with Crippen LogP contribution in [0.25, 0.3) is 0 Å². The first kappa shape index (κ1) is 11.7. The Bertz CT molecular complexity index is 233. The smallest absolute Gasteiger partial charge is 0.235 e. The van der Waals surface area contributed by atoms with Gasteiger partial charge in [-0.1, -0.05) is 15.9 Å². The van der Waals surface area contributed by atoms with Gasteiger partial charge in [-0.3, -0.25) is 4.79 Å². The Balaban J connectivity index is 1.92. The molecule has 0 aromatic heterocycles. The number of nitrogens with zero attached hydrogens (tertiary/aromatic N) is 1. The molecule has 2 rings (SSSR count). The van der Waals surface area contributed by atoms with E-state index in [0.29, 0.717) is 19.1 Å². The number of hydrogen-bond acceptors (Lipinski definition) is 3. The lowest BCUT2D eigenvalue weighted by atomic mass is 10.2. The Kier molecular flexibility index (Phi) is 4.34. The van der Waals surface area contributed by atoms with E-state index in [-0.39, 0.29) is 10.1 Å². The molecule has 0 aliphatic carbocycles. The summed E-state index contributed by atoms with van der Waals surface area (Å²) < 4.78 is 5.40. The summed E-state index contributed by atoms with van der Waals surface area (Å²) in [7, 11) is 0. The molecule has 5 heteroatoms. The van der Waals surface area contributed by atoms with Crippen molar-refractivity contribution in [2.45, 2.75) is 22.9 Å². The van der Waals surface area contributed by atoms with Crippen molar-refractivity contribution in [2.75, 3.05) is 32.1 Å². The molecule has 15 heavy (non-hydrogen) atoms. The van der Waals surface area contributed by atoms with Gasteiger partial charge in [0.25, 0.3) is 0 Å². The zero-order valence-electron chi connectivity index (χ0n) is 8.65. The standard InChI is InChI=1S/C10H16BrNO2S/c11-8-6-12(3-4-14-7-8)10(13)9-2-1-5-15-9/h8-9H,1-7H2. The van der Waals surface area contributed by atoms with Gasteiger partial charge in [-0.15, -0.1) is 11.8 Å². The Morgan fingerprint density at radius 3 is 3.13 bits per heavy atom. The molecular formula is C10H16BrNO2S. The largest absolute Gasteiger partial charge is 0.378 e. The molecule has 0 aromatic rings. The number of carbonyl (C=O) groups is 1. The van der Waals surface area contributed by atoms with Gasteiger partial charge in [0, 0.05) is 13.1 Å². The maximum Gasteiger partial charge on any atom is 0.235 e. The topological polar surface area (TPSA) is 29.5 Å². The summed E-state index contributed by atoms with van der Waals surface area (Å²) in [6.07, 6.45) is 2.23. The van der Waals surface area contributed by atoms with Crippen LogP contribution >= 0.6 is 27.7 Å². The lowest BCUT2D eigenvalue weighted by Crippen LogP contribution is -2.40. The van der Waals surface area contributed by atoms with Crippen LogP contribution in [0.3, 0.4) is 0 Å². The van der Waals surface area contributed by atoms with Gasteiger partial charge in [0.2, 0.25) is 5.91 Å². The van der Waals surface area contributed by atoms with Gasteiger partial charge < -0.3 is 9.64 Å². The van der Waals surface area contributed by atoms with Gasteiger partial charge in [-0.2, -0.15) is 0 Å². The summed E-state index contributed by atoms with van der Waals surface area (Å²) in [6, 6.07) is 0. The van der Waals surface area contributed by atoms with Gasteiger partial charge in [-0.25, -0.2) is 0 Å². The molecule has 0 N–H and O–H groups in total. The molecule has 2 aliphatic heterocycles. The number of rotatable bonds is 1. The third-order valence-corrected chi connectivity index (χ3v) is 4.66. The van der Waals surface area contributed by atoms with E-state index >= 15 is 0 Å². The van der Waals surface area contributed by atoms with Crippen LogP contribution in [0.1, 0.15) is 12.8 Å². The second-order valence-electron chi connectivity index (χ2n) is 3.96. The van der Waals surface area contributed by atoms with Crippen LogP contribution < -0.4 is 0 Å². The number of halogens is 1. The molecule has 3 nitrogen and oxygen atoms in total. The highest BCUT2D eigenvalue weighted by molar-refractivity contribution is 9.09.